The molecule has 1 N–H and O–H groups in total. The van der Waals surface area contributed by atoms with Gasteiger partial charge in [-0.15, -0.1) is 0 Å². The molecular formula is C24H30N2O2. The number of benzene rings is 1. The van der Waals surface area contributed by atoms with Crippen LogP contribution in [0.3, 0.4) is 0 Å². The molecule has 28 heavy (non-hydrogen) atoms. The average Bonchev–Trinajstić information content (AvgIpc) is 3.43. The summed E-state index contributed by atoms with van der Waals surface area (Å²) in [5.41, 5.74) is 2.76. The van der Waals surface area contributed by atoms with Crippen LogP contribution in [0.2, 0.25) is 0 Å². The van der Waals surface area contributed by atoms with Crippen LogP contribution in [0, 0.1) is 23.7 Å². The van der Waals surface area contributed by atoms with Gasteiger partial charge < -0.3 is 10.2 Å². The van der Waals surface area contributed by atoms with Gasteiger partial charge in [0.05, 0.1) is 5.92 Å². The minimum Gasteiger partial charge on any atom is -0.339 e. The van der Waals surface area contributed by atoms with Gasteiger partial charge >= 0.3 is 0 Å². The van der Waals surface area contributed by atoms with E-state index in [1.54, 1.807) is 0 Å². The number of likely N-dealkylation sites (tertiary alicyclic amines) is 1. The van der Waals surface area contributed by atoms with Gasteiger partial charge in [0.25, 0.3) is 0 Å². The molecular weight excluding hydrogens is 348 g/mol. The summed E-state index contributed by atoms with van der Waals surface area (Å²) in [4.78, 5) is 26.7. The molecule has 2 amide bonds. The summed E-state index contributed by atoms with van der Waals surface area (Å²) < 4.78 is 0. The molecule has 0 radical (unpaired) electrons. The molecule has 1 saturated heterocycles. The van der Waals surface area contributed by atoms with Crippen LogP contribution in [0.25, 0.3) is 0 Å². The first-order chi connectivity index (χ1) is 13.6. The zero-order chi connectivity index (χ0) is 18.9. The number of amides is 2. The SMILES string of the molecule is O=C(Nc1ccc(C23CC4CC(CC(C4)C2)C3)cc1)[C@@H]1CC(=O)N(C2CC2)C1. The Labute approximate surface area is 167 Å². The molecule has 1 aliphatic heterocycles. The second-order valence-corrected chi connectivity index (χ2v) is 10.4. The van der Waals surface area contributed by atoms with E-state index < -0.39 is 0 Å². The lowest BCUT2D eigenvalue weighted by Gasteiger charge is -2.57. The van der Waals surface area contributed by atoms with Crippen molar-refractivity contribution in [3.05, 3.63) is 29.8 Å². The topological polar surface area (TPSA) is 49.4 Å². The van der Waals surface area contributed by atoms with Crippen molar-refractivity contribution in [1.82, 2.24) is 4.90 Å². The highest BCUT2D eigenvalue weighted by Crippen LogP contribution is 2.60. The number of hydrogen-bond donors (Lipinski definition) is 1. The standard InChI is InChI=1S/C24H30N2O2/c27-22-10-18(14-26(22)21-5-6-21)23(28)25-20-3-1-19(2-4-20)24-11-15-7-16(12-24)9-17(8-15)13-24/h1-4,15-18,21H,5-14H2,(H,25,28)/t15?,16?,17?,18-,24?/m1/s1. The van der Waals surface area contributed by atoms with Crippen molar-refractivity contribution in [2.45, 2.75) is 69.2 Å². The van der Waals surface area contributed by atoms with Crippen LogP contribution in [0.15, 0.2) is 24.3 Å². The molecule has 4 heteroatoms. The smallest absolute Gasteiger partial charge is 0.229 e. The van der Waals surface area contributed by atoms with E-state index in [9.17, 15) is 9.59 Å². The monoisotopic (exact) mass is 378 g/mol. The van der Waals surface area contributed by atoms with Crippen molar-refractivity contribution in [2.24, 2.45) is 23.7 Å². The summed E-state index contributed by atoms with van der Waals surface area (Å²) in [7, 11) is 0. The van der Waals surface area contributed by atoms with Crippen LogP contribution < -0.4 is 5.32 Å². The third-order valence-corrected chi connectivity index (χ3v) is 8.32. The molecule has 148 valence electrons. The maximum Gasteiger partial charge on any atom is 0.229 e. The summed E-state index contributed by atoms with van der Waals surface area (Å²) in [5, 5.41) is 3.07. The molecule has 0 unspecified atom stereocenters. The lowest BCUT2D eigenvalue weighted by Crippen LogP contribution is -2.48. The Morgan fingerprint density at radius 3 is 2.14 bits per heavy atom. The summed E-state index contributed by atoms with van der Waals surface area (Å²) in [6, 6.07) is 9.10. The first-order valence-electron chi connectivity index (χ1n) is 11.3. The molecule has 5 saturated carbocycles. The van der Waals surface area contributed by atoms with E-state index in [0.717, 1.165) is 36.3 Å². The lowest BCUT2D eigenvalue weighted by atomic mass is 9.48. The van der Waals surface area contributed by atoms with Gasteiger partial charge in [-0.05, 0) is 92.2 Å². The minimum atomic E-state index is -0.198. The van der Waals surface area contributed by atoms with Crippen molar-refractivity contribution in [3.63, 3.8) is 0 Å². The largest absolute Gasteiger partial charge is 0.339 e. The van der Waals surface area contributed by atoms with Crippen LogP contribution in [0.1, 0.15) is 63.4 Å². The van der Waals surface area contributed by atoms with Gasteiger partial charge in [-0.2, -0.15) is 0 Å². The van der Waals surface area contributed by atoms with Crippen molar-refractivity contribution >= 4 is 17.5 Å². The van der Waals surface area contributed by atoms with E-state index in [1.165, 1.54) is 44.1 Å². The molecule has 0 aromatic heterocycles. The first-order valence-corrected chi connectivity index (χ1v) is 11.3. The van der Waals surface area contributed by atoms with Gasteiger partial charge in [0.2, 0.25) is 11.8 Å². The highest BCUT2D eigenvalue weighted by Gasteiger charge is 2.51. The Morgan fingerprint density at radius 1 is 0.964 bits per heavy atom. The molecule has 1 atom stereocenters. The van der Waals surface area contributed by atoms with Crippen LogP contribution in [0.4, 0.5) is 5.69 Å². The fourth-order valence-corrected chi connectivity index (χ4v) is 7.26. The highest BCUT2D eigenvalue weighted by atomic mass is 16.2. The minimum absolute atomic E-state index is 0.000875. The number of carbonyl (C=O) groups excluding carboxylic acids is 2. The zero-order valence-electron chi connectivity index (χ0n) is 16.5. The van der Waals surface area contributed by atoms with Crippen LogP contribution in [-0.4, -0.2) is 29.3 Å². The van der Waals surface area contributed by atoms with Gasteiger partial charge in [-0.25, -0.2) is 0 Å². The van der Waals surface area contributed by atoms with Gasteiger partial charge in [-0.1, -0.05) is 12.1 Å². The van der Waals surface area contributed by atoms with Gasteiger partial charge in [0, 0.05) is 24.7 Å². The number of anilines is 1. The van der Waals surface area contributed by atoms with Crippen LogP contribution in [0.5, 0.6) is 0 Å². The van der Waals surface area contributed by atoms with Crippen LogP contribution >= 0.6 is 0 Å². The summed E-state index contributed by atoms with van der Waals surface area (Å²) in [6.45, 7) is 0.598. The summed E-state index contributed by atoms with van der Waals surface area (Å²) >= 11 is 0. The molecule has 5 aliphatic carbocycles. The predicted molar refractivity (Wildman–Crippen MR) is 108 cm³/mol. The van der Waals surface area contributed by atoms with Crippen molar-refractivity contribution in [1.29, 1.82) is 0 Å². The molecule has 6 aliphatic rings. The van der Waals surface area contributed by atoms with Gasteiger partial charge in [0.15, 0.2) is 0 Å². The Morgan fingerprint density at radius 2 is 1.57 bits per heavy atom. The van der Waals surface area contributed by atoms with E-state index in [0.29, 0.717) is 24.4 Å². The Kier molecular flexibility index (Phi) is 3.70. The predicted octanol–water partition coefficient (Wildman–Crippen LogP) is 4.10. The fraction of sp³-hybridized carbons (Fsp3) is 0.667. The quantitative estimate of drug-likeness (QED) is 0.857. The number of carbonyl (C=O) groups is 2. The van der Waals surface area contributed by atoms with E-state index >= 15 is 0 Å². The van der Waals surface area contributed by atoms with Crippen LogP contribution in [-0.2, 0) is 15.0 Å². The van der Waals surface area contributed by atoms with Crippen molar-refractivity contribution < 1.29 is 9.59 Å². The molecule has 1 heterocycles. The normalized spacial score (nSPS) is 38.9. The van der Waals surface area contributed by atoms with Gasteiger partial charge in [0.1, 0.15) is 0 Å². The Bertz CT molecular complexity index is 775. The Balaban J connectivity index is 1.14. The third-order valence-electron chi connectivity index (χ3n) is 8.32. The molecule has 1 aromatic carbocycles. The number of hydrogen-bond acceptors (Lipinski definition) is 2. The highest BCUT2D eigenvalue weighted by molar-refractivity contribution is 5.97. The lowest BCUT2D eigenvalue weighted by molar-refractivity contribution is -0.128. The molecule has 7 rings (SSSR count). The fourth-order valence-electron chi connectivity index (χ4n) is 7.26. The molecule has 1 aromatic rings. The number of nitrogens with zero attached hydrogens (tertiary/aromatic N) is 1. The second kappa shape index (κ2) is 6.08. The molecule has 4 bridgehead atoms. The first kappa shape index (κ1) is 17.1. The third kappa shape index (κ3) is 2.79. The molecule has 4 nitrogen and oxygen atoms in total. The summed E-state index contributed by atoms with van der Waals surface area (Å²) in [6.07, 6.45) is 11.1. The van der Waals surface area contributed by atoms with Crippen molar-refractivity contribution in [3.8, 4) is 0 Å². The maximum atomic E-state index is 12.7. The second-order valence-electron chi connectivity index (χ2n) is 10.4. The average molecular weight is 379 g/mol. The van der Waals surface area contributed by atoms with Crippen molar-refractivity contribution in [2.75, 3.05) is 11.9 Å². The van der Waals surface area contributed by atoms with E-state index in [2.05, 4.69) is 29.6 Å². The number of nitrogens with one attached hydrogen (secondary N) is 1. The van der Waals surface area contributed by atoms with E-state index in [4.69, 9.17) is 0 Å². The maximum absolute atomic E-state index is 12.7. The van der Waals surface area contributed by atoms with E-state index in [1.807, 2.05) is 4.90 Å². The van der Waals surface area contributed by atoms with Gasteiger partial charge in [-0.3, -0.25) is 9.59 Å². The summed E-state index contributed by atoms with van der Waals surface area (Å²) in [5.74, 6) is 2.79. The number of rotatable bonds is 4. The Hall–Kier alpha value is -1.84. The molecule has 6 fully saturated rings. The zero-order valence-corrected chi connectivity index (χ0v) is 16.5. The van der Waals surface area contributed by atoms with E-state index in [-0.39, 0.29) is 17.7 Å². The molecule has 0 spiro atoms.